The van der Waals surface area contributed by atoms with Gasteiger partial charge in [-0.2, -0.15) is 0 Å². The van der Waals surface area contributed by atoms with E-state index in [2.05, 4.69) is 14.9 Å². The van der Waals surface area contributed by atoms with Crippen molar-refractivity contribution in [2.45, 2.75) is 19.3 Å². The van der Waals surface area contributed by atoms with Crippen LogP contribution in [0.15, 0.2) is 36.4 Å². The van der Waals surface area contributed by atoms with E-state index in [1.807, 2.05) is 36.4 Å². The minimum atomic E-state index is 0.666. The largest absolute Gasteiger partial charge is 0.493 e. The fourth-order valence-electron chi connectivity index (χ4n) is 3.52. The van der Waals surface area contributed by atoms with Gasteiger partial charge in [0.15, 0.2) is 11.5 Å². The second-order valence-corrected chi connectivity index (χ2v) is 7.30. The second kappa shape index (κ2) is 8.19. The molecular weight excluding hydrogens is 362 g/mol. The molecule has 1 aliphatic heterocycles. The Bertz CT molecular complexity index is 919. The first-order valence-corrected chi connectivity index (χ1v) is 9.79. The van der Waals surface area contributed by atoms with E-state index < -0.39 is 0 Å². The van der Waals surface area contributed by atoms with E-state index in [-0.39, 0.29) is 0 Å². The molecule has 5 nitrogen and oxygen atoms in total. The first-order valence-electron chi connectivity index (χ1n) is 9.42. The van der Waals surface area contributed by atoms with E-state index >= 15 is 0 Å². The standard InChI is InChI=1S/C21H24ClN3O2/c1-26-20-13-15(21-23-17-7-6-16(22)14-18(17)24-21)5-8-19(20)27-12-11-25-9-3-2-4-10-25/h5-8,13-14H,2-4,9-12H2,1H3,(H,23,24). The molecule has 6 heteroatoms. The quantitative estimate of drug-likeness (QED) is 0.664. The number of H-pyrrole nitrogens is 1. The van der Waals surface area contributed by atoms with Crippen LogP contribution >= 0.6 is 11.6 Å². The van der Waals surface area contributed by atoms with E-state index in [0.29, 0.717) is 17.4 Å². The van der Waals surface area contributed by atoms with Crippen LogP contribution in [0.2, 0.25) is 5.02 Å². The zero-order valence-corrected chi connectivity index (χ0v) is 16.3. The van der Waals surface area contributed by atoms with Crippen LogP contribution in [0, 0.1) is 0 Å². The molecule has 0 unspecified atom stereocenters. The van der Waals surface area contributed by atoms with Crippen molar-refractivity contribution in [3.63, 3.8) is 0 Å². The first-order chi connectivity index (χ1) is 13.2. The van der Waals surface area contributed by atoms with Gasteiger partial charge in [-0.05, 0) is 62.3 Å². The number of imidazole rings is 1. The third kappa shape index (κ3) is 4.20. The van der Waals surface area contributed by atoms with Crippen LogP contribution in [0.3, 0.4) is 0 Å². The van der Waals surface area contributed by atoms with Gasteiger partial charge in [-0.1, -0.05) is 18.0 Å². The fraction of sp³-hybridized carbons (Fsp3) is 0.381. The average Bonchev–Trinajstić information content (AvgIpc) is 3.12. The summed E-state index contributed by atoms with van der Waals surface area (Å²) in [4.78, 5) is 10.4. The number of fused-ring (bicyclic) bond motifs is 1. The lowest BCUT2D eigenvalue weighted by Crippen LogP contribution is -2.33. The third-order valence-electron chi connectivity index (χ3n) is 4.99. The summed E-state index contributed by atoms with van der Waals surface area (Å²) in [5.74, 6) is 2.26. The average molecular weight is 386 g/mol. The summed E-state index contributed by atoms with van der Waals surface area (Å²) in [6.07, 6.45) is 3.93. The van der Waals surface area contributed by atoms with Gasteiger partial charge >= 0.3 is 0 Å². The van der Waals surface area contributed by atoms with Crippen molar-refractivity contribution >= 4 is 22.6 Å². The molecule has 0 aliphatic carbocycles. The molecule has 2 heterocycles. The number of halogens is 1. The Kier molecular flexibility index (Phi) is 5.50. The molecule has 4 rings (SSSR count). The molecule has 2 aromatic carbocycles. The molecule has 0 amide bonds. The lowest BCUT2D eigenvalue weighted by atomic mass is 10.1. The van der Waals surface area contributed by atoms with Gasteiger partial charge in [0.1, 0.15) is 12.4 Å². The summed E-state index contributed by atoms with van der Waals surface area (Å²) in [5.41, 5.74) is 2.75. The molecule has 1 aromatic heterocycles. The number of methoxy groups -OCH3 is 1. The number of hydrogen-bond acceptors (Lipinski definition) is 4. The van der Waals surface area contributed by atoms with Crippen molar-refractivity contribution in [2.24, 2.45) is 0 Å². The number of piperidine rings is 1. The Hall–Kier alpha value is -2.24. The minimum absolute atomic E-state index is 0.666. The predicted octanol–water partition coefficient (Wildman–Crippen LogP) is 4.76. The Morgan fingerprint density at radius 2 is 1.93 bits per heavy atom. The van der Waals surface area contributed by atoms with Crippen LogP contribution in [0.1, 0.15) is 19.3 Å². The molecule has 1 aliphatic rings. The Labute approximate surface area is 164 Å². The van der Waals surface area contributed by atoms with Crippen LogP contribution in [-0.4, -0.2) is 48.2 Å². The highest BCUT2D eigenvalue weighted by molar-refractivity contribution is 6.31. The van der Waals surface area contributed by atoms with Crippen molar-refractivity contribution in [3.05, 3.63) is 41.4 Å². The number of benzene rings is 2. The maximum atomic E-state index is 6.06. The number of ether oxygens (including phenoxy) is 2. The summed E-state index contributed by atoms with van der Waals surface area (Å²) in [5, 5.41) is 0.688. The van der Waals surface area contributed by atoms with Gasteiger partial charge in [-0.15, -0.1) is 0 Å². The van der Waals surface area contributed by atoms with E-state index in [1.165, 1.54) is 32.4 Å². The van der Waals surface area contributed by atoms with Crippen molar-refractivity contribution in [2.75, 3.05) is 33.4 Å². The molecule has 0 bridgehead atoms. The Morgan fingerprint density at radius 3 is 2.74 bits per heavy atom. The molecule has 142 valence electrons. The number of likely N-dealkylation sites (tertiary alicyclic amines) is 1. The van der Waals surface area contributed by atoms with Gasteiger partial charge in [0, 0.05) is 17.1 Å². The SMILES string of the molecule is COc1cc(-c2nc3ccc(Cl)cc3[nH]2)ccc1OCCN1CCCCC1. The van der Waals surface area contributed by atoms with Crippen molar-refractivity contribution < 1.29 is 9.47 Å². The van der Waals surface area contributed by atoms with Crippen LogP contribution in [0.4, 0.5) is 0 Å². The molecule has 0 saturated carbocycles. The zero-order chi connectivity index (χ0) is 18.6. The molecule has 0 atom stereocenters. The van der Waals surface area contributed by atoms with Gasteiger partial charge < -0.3 is 14.5 Å². The van der Waals surface area contributed by atoms with Crippen LogP contribution < -0.4 is 9.47 Å². The lowest BCUT2D eigenvalue weighted by molar-refractivity contribution is 0.180. The van der Waals surface area contributed by atoms with Crippen LogP contribution in [-0.2, 0) is 0 Å². The fourth-order valence-corrected chi connectivity index (χ4v) is 3.69. The maximum absolute atomic E-state index is 6.06. The third-order valence-corrected chi connectivity index (χ3v) is 5.23. The highest BCUT2D eigenvalue weighted by atomic mass is 35.5. The lowest BCUT2D eigenvalue weighted by Gasteiger charge is -2.26. The molecule has 1 N–H and O–H groups in total. The van der Waals surface area contributed by atoms with Crippen molar-refractivity contribution in [1.29, 1.82) is 0 Å². The molecule has 0 spiro atoms. The molecule has 3 aromatic rings. The maximum Gasteiger partial charge on any atom is 0.161 e. The first kappa shape index (κ1) is 18.1. The summed E-state index contributed by atoms with van der Waals surface area (Å²) in [6.45, 7) is 3.97. The van der Waals surface area contributed by atoms with Crippen molar-refractivity contribution in [3.8, 4) is 22.9 Å². The zero-order valence-electron chi connectivity index (χ0n) is 15.5. The van der Waals surface area contributed by atoms with E-state index in [0.717, 1.165) is 34.7 Å². The second-order valence-electron chi connectivity index (χ2n) is 6.86. The number of aromatic amines is 1. The van der Waals surface area contributed by atoms with Gasteiger partial charge in [0.25, 0.3) is 0 Å². The summed E-state index contributed by atoms with van der Waals surface area (Å²) < 4.78 is 11.5. The summed E-state index contributed by atoms with van der Waals surface area (Å²) in [6, 6.07) is 11.5. The van der Waals surface area contributed by atoms with Crippen LogP contribution in [0.5, 0.6) is 11.5 Å². The van der Waals surface area contributed by atoms with E-state index in [4.69, 9.17) is 21.1 Å². The molecular formula is C21H24ClN3O2. The predicted molar refractivity (Wildman–Crippen MR) is 109 cm³/mol. The number of aromatic nitrogens is 2. The van der Waals surface area contributed by atoms with Gasteiger partial charge in [-0.3, -0.25) is 4.90 Å². The molecule has 1 fully saturated rings. The van der Waals surface area contributed by atoms with Crippen molar-refractivity contribution in [1.82, 2.24) is 14.9 Å². The molecule has 1 saturated heterocycles. The van der Waals surface area contributed by atoms with Crippen LogP contribution in [0.25, 0.3) is 22.4 Å². The molecule has 0 radical (unpaired) electrons. The number of rotatable bonds is 6. The highest BCUT2D eigenvalue weighted by Gasteiger charge is 2.13. The van der Waals surface area contributed by atoms with Gasteiger partial charge in [0.05, 0.1) is 18.1 Å². The van der Waals surface area contributed by atoms with Gasteiger partial charge in [-0.25, -0.2) is 4.98 Å². The highest BCUT2D eigenvalue weighted by Crippen LogP contribution is 2.32. The monoisotopic (exact) mass is 385 g/mol. The smallest absolute Gasteiger partial charge is 0.161 e. The summed E-state index contributed by atoms with van der Waals surface area (Å²) in [7, 11) is 1.66. The summed E-state index contributed by atoms with van der Waals surface area (Å²) >= 11 is 6.06. The number of hydrogen-bond donors (Lipinski definition) is 1. The number of nitrogens with zero attached hydrogens (tertiary/aromatic N) is 2. The van der Waals surface area contributed by atoms with Gasteiger partial charge in [0.2, 0.25) is 0 Å². The minimum Gasteiger partial charge on any atom is -0.493 e. The van der Waals surface area contributed by atoms with E-state index in [1.54, 1.807) is 7.11 Å². The molecule has 27 heavy (non-hydrogen) atoms. The normalized spacial score (nSPS) is 15.2. The Morgan fingerprint density at radius 1 is 1.07 bits per heavy atom. The Balaban J connectivity index is 1.48. The topological polar surface area (TPSA) is 50.4 Å². The van der Waals surface area contributed by atoms with E-state index in [9.17, 15) is 0 Å². The number of nitrogens with one attached hydrogen (secondary N) is 1.